The second kappa shape index (κ2) is 6.84. The van der Waals surface area contributed by atoms with Gasteiger partial charge in [-0.15, -0.1) is 0 Å². The van der Waals surface area contributed by atoms with Crippen LogP contribution < -0.4 is 9.80 Å². The summed E-state index contributed by atoms with van der Waals surface area (Å²) in [5.41, 5.74) is 4.41. The molecule has 5 rings (SSSR count). The fourth-order valence-electron chi connectivity index (χ4n) is 4.95. The van der Waals surface area contributed by atoms with Crippen LogP contribution in [0.5, 0.6) is 0 Å². The van der Waals surface area contributed by atoms with Gasteiger partial charge in [-0.25, -0.2) is 0 Å². The highest BCUT2D eigenvalue weighted by Gasteiger charge is 2.56. The van der Waals surface area contributed by atoms with E-state index in [-0.39, 0.29) is 11.6 Å². The van der Waals surface area contributed by atoms with Crippen LogP contribution in [-0.2, 0) is 0 Å². The number of fused-ring (bicyclic) bond motifs is 1. The number of hydrogen-bond acceptors (Lipinski definition) is 4. The highest BCUT2D eigenvalue weighted by molar-refractivity contribution is 6.30. The van der Waals surface area contributed by atoms with E-state index in [4.69, 9.17) is 0 Å². The molecule has 0 saturated carbocycles. The number of anilines is 2. The van der Waals surface area contributed by atoms with Crippen LogP contribution in [0.3, 0.4) is 0 Å². The standard InChI is InChI=1S/C26H24N2O2/c1-18-9-3-7-13-22(18)27-15-26(16-28(17-27)23-14-8-4-10-19(23)2)24(29)20-11-5-6-12-21(20)25(26)30/h3-14H,15-17H2,1-2H3. The van der Waals surface area contributed by atoms with E-state index in [0.717, 1.165) is 22.5 Å². The third kappa shape index (κ3) is 2.67. The summed E-state index contributed by atoms with van der Waals surface area (Å²) in [6, 6.07) is 23.6. The number of benzene rings is 3. The number of Topliss-reactive ketones (excluding diaryl/α,β-unsaturated/α-hetero) is 2. The Morgan fingerprint density at radius 1 is 0.633 bits per heavy atom. The molecule has 0 unspecified atom stereocenters. The van der Waals surface area contributed by atoms with Crippen LogP contribution in [0.4, 0.5) is 11.4 Å². The van der Waals surface area contributed by atoms with E-state index in [1.54, 1.807) is 12.1 Å². The first-order valence-corrected chi connectivity index (χ1v) is 10.3. The minimum Gasteiger partial charge on any atom is -0.352 e. The summed E-state index contributed by atoms with van der Waals surface area (Å²) in [6.07, 6.45) is 0. The van der Waals surface area contributed by atoms with Gasteiger partial charge in [-0.1, -0.05) is 60.7 Å². The summed E-state index contributed by atoms with van der Waals surface area (Å²) in [7, 11) is 0. The molecule has 0 amide bonds. The summed E-state index contributed by atoms with van der Waals surface area (Å²) < 4.78 is 0. The maximum atomic E-state index is 13.6. The van der Waals surface area contributed by atoms with E-state index in [1.165, 1.54) is 0 Å². The van der Waals surface area contributed by atoms with Crippen LogP contribution >= 0.6 is 0 Å². The molecule has 4 heteroatoms. The predicted molar refractivity (Wildman–Crippen MR) is 119 cm³/mol. The topological polar surface area (TPSA) is 40.6 Å². The first-order valence-electron chi connectivity index (χ1n) is 10.3. The van der Waals surface area contributed by atoms with Gasteiger partial charge in [0.05, 0.1) is 6.67 Å². The third-order valence-electron chi connectivity index (χ3n) is 6.46. The van der Waals surface area contributed by atoms with Crippen molar-refractivity contribution in [2.24, 2.45) is 5.41 Å². The van der Waals surface area contributed by atoms with Gasteiger partial charge in [-0.05, 0) is 37.1 Å². The monoisotopic (exact) mass is 396 g/mol. The number of carbonyl (C=O) groups excluding carboxylic acids is 2. The van der Waals surface area contributed by atoms with E-state index in [2.05, 4.69) is 47.9 Å². The van der Waals surface area contributed by atoms with Gasteiger partial charge in [-0.3, -0.25) is 9.59 Å². The lowest BCUT2D eigenvalue weighted by atomic mass is 9.79. The summed E-state index contributed by atoms with van der Waals surface area (Å²) in [5.74, 6) is -0.111. The fourth-order valence-corrected chi connectivity index (χ4v) is 4.95. The van der Waals surface area contributed by atoms with E-state index in [1.807, 2.05) is 36.4 Å². The maximum absolute atomic E-state index is 13.6. The van der Waals surface area contributed by atoms with E-state index >= 15 is 0 Å². The Balaban J connectivity index is 1.65. The smallest absolute Gasteiger partial charge is 0.181 e. The van der Waals surface area contributed by atoms with E-state index in [0.29, 0.717) is 30.9 Å². The van der Waals surface area contributed by atoms with Crippen molar-refractivity contribution < 1.29 is 9.59 Å². The summed E-state index contributed by atoms with van der Waals surface area (Å²) >= 11 is 0. The molecule has 3 aromatic rings. The summed E-state index contributed by atoms with van der Waals surface area (Å²) in [6.45, 7) is 5.57. The Bertz CT molecular complexity index is 1080. The number of carbonyl (C=O) groups is 2. The molecule has 0 atom stereocenters. The first-order chi connectivity index (χ1) is 14.5. The van der Waals surface area contributed by atoms with Crippen molar-refractivity contribution in [1.29, 1.82) is 0 Å². The average molecular weight is 396 g/mol. The minimum atomic E-state index is -1.09. The Kier molecular flexibility index (Phi) is 4.24. The van der Waals surface area contributed by atoms with E-state index in [9.17, 15) is 9.59 Å². The van der Waals surface area contributed by atoms with Gasteiger partial charge in [0.25, 0.3) is 0 Å². The molecule has 30 heavy (non-hydrogen) atoms. The zero-order valence-corrected chi connectivity index (χ0v) is 17.3. The predicted octanol–water partition coefficient (Wildman–Crippen LogP) is 4.65. The van der Waals surface area contributed by atoms with Gasteiger partial charge in [0, 0.05) is 35.6 Å². The highest BCUT2D eigenvalue weighted by Crippen LogP contribution is 2.43. The minimum absolute atomic E-state index is 0.0556. The molecule has 1 spiro atoms. The second-order valence-electron chi connectivity index (χ2n) is 8.40. The fraction of sp³-hybridized carbons (Fsp3) is 0.231. The summed E-state index contributed by atoms with van der Waals surface area (Å²) in [5, 5.41) is 0. The van der Waals surface area contributed by atoms with Gasteiger partial charge in [0.1, 0.15) is 5.41 Å². The van der Waals surface area contributed by atoms with Crippen LogP contribution in [0.25, 0.3) is 0 Å². The van der Waals surface area contributed by atoms with Crippen molar-refractivity contribution >= 4 is 22.9 Å². The molecule has 4 nitrogen and oxygen atoms in total. The van der Waals surface area contributed by atoms with Crippen molar-refractivity contribution in [3.8, 4) is 0 Å². The zero-order valence-electron chi connectivity index (χ0n) is 17.3. The van der Waals surface area contributed by atoms with E-state index < -0.39 is 5.41 Å². The second-order valence-corrected chi connectivity index (χ2v) is 8.40. The Labute approximate surface area is 176 Å². The molecule has 0 bridgehead atoms. The Morgan fingerprint density at radius 3 is 1.47 bits per heavy atom. The molecule has 1 heterocycles. The molecule has 0 radical (unpaired) electrons. The average Bonchev–Trinajstić information content (AvgIpc) is 2.96. The largest absolute Gasteiger partial charge is 0.352 e. The Morgan fingerprint density at radius 2 is 1.03 bits per heavy atom. The zero-order chi connectivity index (χ0) is 20.9. The van der Waals surface area contributed by atoms with Gasteiger partial charge < -0.3 is 9.80 Å². The molecule has 0 aromatic heterocycles. The molecular formula is C26H24N2O2. The van der Waals surface area contributed by atoms with Gasteiger partial charge in [0.15, 0.2) is 11.6 Å². The molecule has 3 aromatic carbocycles. The molecule has 1 saturated heterocycles. The lowest BCUT2D eigenvalue weighted by molar-refractivity contribution is 0.0698. The van der Waals surface area contributed by atoms with Crippen LogP contribution in [0.2, 0.25) is 0 Å². The van der Waals surface area contributed by atoms with Gasteiger partial charge in [0.2, 0.25) is 0 Å². The van der Waals surface area contributed by atoms with Crippen molar-refractivity contribution in [1.82, 2.24) is 0 Å². The molecule has 2 aliphatic rings. The number of ketones is 2. The van der Waals surface area contributed by atoms with Gasteiger partial charge in [-0.2, -0.15) is 0 Å². The molecule has 1 aliphatic heterocycles. The van der Waals surface area contributed by atoms with Gasteiger partial charge >= 0.3 is 0 Å². The lowest BCUT2D eigenvalue weighted by Gasteiger charge is -2.47. The molecule has 0 N–H and O–H groups in total. The molecule has 1 aliphatic carbocycles. The van der Waals surface area contributed by atoms with Crippen molar-refractivity contribution in [2.45, 2.75) is 13.8 Å². The number of aryl methyl sites for hydroxylation is 2. The number of rotatable bonds is 2. The summed E-state index contributed by atoms with van der Waals surface area (Å²) in [4.78, 5) is 31.6. The lowest BCUT2D eigenvalue weighted by Crippen LogP contribution is -2.60. The van der Waals surface area contributed by atoms with Crippen LogP contribution in [0, 0.1) is 19.3 Å². The molecule has 1 fully saturated rings. The number of para-hydroxylation sites is 2. The Hall–Kier alpha value is -3.40. The SMILES string of the molecule is Cc1ccccc1N1CN(c2ccccc2C)CC2(C1)C(=O)c1ccccc1C2=O. The molecule has 150 valence electrons. The van der Waals surface area contributed by atoms with Crippen LogP contribution in [0.15, 0.2) is 72.8 Å². The van der Waals surface area contributed by atoms with Crippen molar-refractivity contribution in [3.63, 3.8) is 0 Å². The first kappa shape index (κ1) is 18.6. The highest BCUT2D eigenvalue weighted by atomic mass is 16.2. The van der Waals surface area contributed by atoms with Crippen LogP contribution in [0.1, 0.15) is 31.8 Å². The normalized spacial score (nSPS) is 17.5. The maximum Gasteiger partial charge on any atom is 0.181 e. The van der Waals surface area contributed by atoms with Crippen molar-refractivity contribution in [3.05, 3.63) is 95.1 Å². The quantitative estimate of drug-likeness (QED) is 0.591. The van der Waals surface area contributed by atoms with Crippen LogP contribution in [-0.4, -0.2) is 31.3 Å². The van der Waals surface area contributed by atoms with Crippen molar-refractivity contribution in [2.75, 3.05) is 29.6 Å². The number of nitrogens with zero attached hydrogens (tertiary/aromatic N) is 2. The third-order valence-corrected chi connectivity index (χ3v) is 6.46. The number of hydrogen-bond donors (Lipinski definition) is 0. The molecular weight excluding hydrogens is 372 g/mol.